The average Bonchev–Trinajstić information content (AvgIpc) is 3.03. The molecule has 5 nitrogen and oxygen atoms in total. The number of nitro groups is 1. The van der Waals surface area contributed by atoms with Crippen LogP contribution in [0.4, 0.5) is 11.4 Å². The summed E-state index contributed by atoms with van der Waals surface area (Å²) in [5.41, 5.74) is 1.12. The first-order valence-electron chi connectivity index (χ1n) is 7.58. The van der Waals surface area contributed by atoms with Crippen LogP contribution in [-0.4, -0.2) is 10.8 Å². The van der Waals surface area contributed by atoms with E-state index in [-0.39, 0.29) is 11.6 Å². The molecule has 0 aromatic heterocycles. The molecule has 5 heteroatoms. The summed E-state index contributed by atoms with van der Waals surface area (Å²) in [5, 5.41) is 13.8. The minimum absolute atomic E-state index is 0.0175. The highest BCUT2D eigenvalue weighted by Gasteiger charge is 2.40. The summed E-state index contributed by atoms with van der Waals surface area (Å²) in [6.07, 6.45) is 5.59. The molecule has 0 unspecified atom stereocenters. The van der Waals surface area contributed by atoms with E-state index in [1.54, 1.807) is 19.1 Å². The first-order chi connectivity index (χ1) is 10.0. The first-order valence-corrected chi connectivity index (χ1v) is 7.58. The smallest absolute Gasteiger partial charge is 0.274 e. The van der Waals surface area contributed by atoms with E-state index in [4.69, 9.17) is 0 Å². The summed E-state index contributed by atoms with van der Waals surface area (Å²) in [6.45, 7) is 1.67. The van der Waals surface area contributed by atoms with Crippen molar-refractivity contribution < 1.29 is 9.72 Å². The number of nitrogens with one attached hydrogen (secondary N) is 1. The fourth-order valence-corrected chi connectivity index (χ4v) is 4.02. The molecule has 1 amide bonds. The zero-order valence-electron chi connectivity index (χ0n) is 12.2. The second kappa shape index (κ2) is 5.47. The summed E-state index contributed by atoms with van der Waals surface area (Å²) in [5.74, 6) is 2.03. The number of hydrogen-bond donors (Lipinski definition) is 1. The van der Waals surface area contributed by atoms with Crippen molar-refractivity contribution in [2.24, 2.45) is 17.8 Å². The number of hydrogen-bond acceptors (Lipinski definition) is 3. The third-order valence-electron chi connectivity index (χ3n) is 5.11. The zero-order valence-corrected chi connectivity index (χ0v) is 12.2. The molecule has 0 spiro atoms. The normalized spacial score (nSPS) is 26.8. The van der Waals surface area contributed by atoms with Gasteiger partial charge < -0.3 is 5.32 Å². The highest BCUT2D eigenvalue weighted by Crippen LogP contribution is 2.49. The summed E-state index contributed by atoms with van der Waals surface area (Å²) in [6, 6.07) is 4.79. The minimum atomic E-state index is -0.416. The van der Waals surface area contributed by atoms with Crippen molar-refractivity contribution in [1.82, 2.24) is 0 Å². The predicted octanol–water partition coefficient (Wildman–Crippen LogP) is 3.67. The monoisotopic (exact) mass is 288 g/mol. The molecule has 0 aliphatic heterocycles. The van der Waals surface area contributed by atoms with Gasteiger partial charge in [0, 0.05) is 12.5 Å². The van der Waals surface area contributed by atoms with Crippen LogP contribution in [0.1, 0.15) is 37.7 Å². The van der Waals surface area contributed by atoms with E-state index in [0.29, 0.717) is 29.5 Å². The van der Waals surface area contributed by atoms with E-state index >= 15 is 0 Å². The molecule has 1 aromatic rings. The van der Waals surface area contributed by atoms with Crippen molar-refractivity contribution in [2.75, 3.05) is 5.32 Å². The molecule has 1 N–H and O–H groups in total. The van der Waals surface area contributed by atoms with Gasteiger partial charge in [-0.25, -0.2) is 0 Å². The Morgan fingerprint density at radius 1 is 1.38 bits per heavy atom. The SMILES string of the molecule is Cc1c(NC(=O)C[C@@H]2C[C@H]3CC[C@@H]2C3)cccc1[N+](=O)[O-]. The number of rotatable bonds is 4. The Bertz CT molecular complexity index is 585. The number of nitrogens with zero attached hydrogens (tertiary/aromatic N) is 1. The Balaban J connectivity index is 1.65. The largest absolute Gasteiger partial charge is 0.326 e. The van der Waals surface area contributed by atoms with Crippen LogP contribution in [0.15, 0.2) is 18.2 Å². The Labute approximate surface area is 123 Å². The maximum absolute atomic E-state index is 12.2. The van der Waals surface area contributed by atoms with E-state index in [1.165, 1.54) is 31.7 Å². The second-order valence-corrected chi connectivity index (χ2v) is 6.39. The Morgan fingerprint density at radius 3 is 2.81 bits per heavy atom. The van der Waals surface area contributed by atoms with Crippen molar-refractivity contribution in [1.29, 1.82) is 0 Å². The van der Waals surface area contributed by atoms with Crippen LogP contribution in [0.3, 0.4) is 0 Å². The molecule has 1 aromatic carbocycles. The van der Waals surface area contributed by atoms with Gasteiger partial charge >= 0.3 is 0 Å². The van der Waals surface area contributed by atoms with Crippen molar-refractivity contribution in [3.63, 3.8) is 0 Å². The number of carbonyl (C=O) groups excluding carboxylic acids is 1. The van der Waals surface area contributed by atoms with Crippen LogP contribution in [-0.2, 0) is 4.79 Å². The molecule has 2 saturated carbocycles. The molecule has 112 valence electrons. The van der Waals surface area contributed by atoms with Gasteiger partial charge in [0.25, 0.3) is 5.69 Å². The molecule has 2 fully saturated rings. The van der Waals surface area contributed by atoms with Crippen LogP contribution in [0.5, 0.6) is 0 Å². The van der Waals surface area contributed by atoms with E-state index in [1.807, 2.05) is 0 Å². The second-order valence-electron chi connectivity index (χ2n) is 6.39. The fraction of sp³-hybridized carbons (Fsp3) is 0.562. The van der Waals surface area contributed by atoms with Gasteiger partial charge in [0.1, 0.15) is 0 Å². The Kier molecular flexibility index (Phi) is 3.66. The lowest BCUT2D eigenvalue weighted by Crippen LogP contribution is -2.20. The van der Waals surface area contributed by atoms with Crippen LogP contribution >= 0.6 is 0 Å². The van der Waals surface area contributed by atoms with Gasteiger partial charge in [-0.15, -0.1) is 0 Å². The minimum Gasteiger partial charge on any atom is -0.326 e. The number of carbonyl (C=O) groups is 1. The summed E-state index contributed by atoms with van der Waals surface area (Å²) in [7, 11) is 0. The first kappa shape index (κ1) is 14.0. The van der Waals surface area contributed by atoms with Gasteiger partial charge in [-0.3, -0.25) is 14.9 Å². The number of nitro benzene ring substituents is 1. The topological polar surface area (TPSA) is 72.2 Å². The van der Waals surface area contributed by atoms with Crippen LogP contribution in [0.25, 0.3) is 0 Å². The number of fused-ring (bicyclic) bond motifs is 2. The third-order valence-corrected chi connectivity index (χ3v) is 5.11. The maximum Gasteiger partial charge on any atom is 0.274 e. The summed E-state index contributed by atoms with van der Waals surface area (Å²) in [4.78, 5) is 22.7. The summed E-state index contributed by atoms with van der Waals surface area (Å²) >= 11 is 0. The van der Waals surface area contributed by atoms with Crippen LogP contribution < -0.4 is 5.32 Å². The lowest BCUT2D eigenvalue weighted by Gasteiger charge is -2.21. The fourth-order valence-electron chi connectivity index (χ4n) is 4.02. The van der Waals surface area contributed by atoms with E-state index in [2.05, 4.69) is 5.32 Å². The highest BCUT2D eigenvalue weighted by atomic mass is 16.6. The molecular formula is C16H20N2O3. The van der Waals surface area contributed by atoms with Gasteiger partial charge in [0.15, 0.2) is 0 Å². The molecule has 2 bridgehead atoms. The Morgan fingerprint density at radius 2 is 2.19 bits per heavy atom. The lowest BCUT2D eigenvalue weighted by molar-refractivity contribution is -0.385. The summed E-state index contributed by atoms with van der Waals surface area (Å²) < 4.78 is 0. The molecule has 0 saturated heterocycles. The van der Waals surface area contributed by atoms with E-state index in [9.17, 15) is 14.9 Å². The third kappa shape index (κ3) is 2.77. The van der Waals surface area contributed by atoms with Gasteiger partial charge in [-0.2, -0.15) is 0 Å². The molecule has 3 rings (SSSR count). The Hall–Kier alpha value is -1.91. The van der Waals surface area contributed by atoms with E-state index in [0.717, 1.165) is 5.92 Å². The van der Waals surface area contributed by atoms with Gasteiger partial charge in [-0.05, 0) is 50.0 Å². The van der Waals surface area contributed by atoms with Crippen molar-refractivity contribution in [3.8, 4) is 0 Å². The maximum atomic E-state index is 12.2. The molecule has 0 heterocycles. The number of benzene rings is 1. The number of anilines is 1. The molecular weight excluding hydrogens is 268 g/mol. The molecule has 3 atom stereocenters. The van der Waals surface area contributed by atoms with Crippen molar-refractivity contribution in [2.45, 2.75) is 39.0 Å². The zero-order chi connectivity index (χ0) is 15.0. The highest BCUT2D eigenvalue weighted by molar-refractivity contribution is 5.92. The average molecular weight is 288 g/mol. The van der Waals surface area contributed by atoms with Gasteiger partial charge in [0.2, 0.25) is 5.91 Å². The van der Waals surface area contributed by atoms with Crippen molar-refractivity contribution in [3.05, 3.63) is 33.9 Å². The van der Waals surface area contributed by atoms with Gasteiger partial charge in [0.05, 0.1) is 16.2 Å². The van der Waals surface area contributed by atoms with Crippen LogP contribution in [0.2, 0.25) is 0 Å². The van der Waals surface area contributed by atoms with Crippen molar-refractivity contribution >= 4 is 17.3 Å². The standard InChI is InChI=1S/C16H20N2O3/c1-10-14(3-2-4-15(10)18(20)21)17-16(19)9-13-8-11-5-6-12(13)7-11/h2-4,11-13H,5-9H2,1H3,(H,17,19)/t11-,12+,13-/m0/s1. The van der Waals surface area contributed by atoms with Gasteiger partial charge in [-0.1, -0.05) is 12.5 Å². The van der Waals surface area contributed by atoms with Crippen LogP contribution in [0, 0.1) is 34.8 Å². The lowest BCUT2D eigenvalue weighted by atomic mass is 9.86. The molecule has 0 radical (unpaired) electrons. The van der Waals surface area contributed by atoms with E-state index < -0.39 is 4.92 Å². The molecule has 2 aliphatic rings. The predicted molar refractivity (Wildman–Crippen MR) is 80.0 cm³/mol. The molecule has 2 aliphatic carbocycles. The number of amides is 1. The molecule has 21 heavy (non-hydrogen) atoms. The quantitative estimate of drug-likeness (QED) is 0.678.